The zero-order chi connectivity index (χ0) is 13.1. The molecule has 3 heteroatoms. The predicted molar refractivity (Wildman–Crippen MR) is 74.8 cm³/mol. The zero-order valence-electron chi connectivity index (χ0n) is 10.5. The smallest absolute Gasteiger partial charge is 0.136 e. The minimum atomic E-state index is 0.775. The number of fused-ring (bicyclic) bond motifs is 1. The van der Waals surface area contributed by atoms with Crippen molar-refractivity contribution in [1.29, 1.82) is 0 Å². The third kappa shape index (κ3) is 2.36. The third-order valence-corrected chi connectivity index (χ3v) is 2.89. The normalized spacial score (nSPS) is 10.4. The van der Waals surface area contributed by atoms with Gasteiger partial charge in [-0.1, -0.05) is 6.07 Å². The molecule has 0 spiro atoms. The first-order valence-corrected chi connectivity index (χ1v) is 6.02. The second-order valence-corrected chi connectivity index (χ2v) is 4.10. The summed E-state index contributed by atoms with van der Waals surface area (Å²) in [6.45, 7) is 0. The Labute approximate surface area is 111 Å². The fourth-order valence-electron chi connectivity index (χ4n) is 1.93. The van der Waals surface area contributed by atoms with E-state index in [1.165, 1.54) is 0 Å². The summed E-state index contributed by atoms with van der Waals surface area (Å²) in [6, 6.07) is 17.3. The molecule has 0 N–H and O–H groups in total. The fourth-order valence-corrected chi connectivity index (χ4v) is 1.93. The minimum Gasteiger partial charge on any atom is -0.497 e. The summed E-state index contributed by atoms with van der Waals surface area (Å²) in [5, 5.41) is 1.00. The molecular weight excluding hydrogens is 238 g/mol. The molecule has 1 heterocycles. The number of rotatable bonds is 3. The number of ether oxygens (including phenoxy) is 2. The van der Waals surface area contributed by atoms with Crippen molar-refractivity contribution in [2.75, 3.05) is 7.11 Å². The molecule has 0 fully saturated rings. The summed E-state index contributed by atoms with van der Waals surface area (Å²) in [7, 11) is 1.65. The molecule has 0 aliphatic carbocycles. The first-order valence-electron chi connectivity index (χ1n) is 6.02. The molecule has 0 aliphatic heterocycles. The Kier molecular flexibility index (Phi) is 3.02. The van der Waals surface area contributed by atoms with E-state index in [0.717, 1.165) is 28.2 Å². The summed E-state index contributed by atoms with van der Waals surface area (Å²) in [6.07, 6.45) is 1.78. The molecule has 3 nitrogen and oxygen atoms in total. The lowest BCUT2D eigenvalue weighted by Gasteiger charge is -2.09. The highest BCUT2D eigenvalue weighted by Crippen LogP contribution is 2.29. The molecule has 0 saturated carbocycles. The van der Waals surface area contributed by atoms with E-state index in [0.29, 0.717) is 0 Å². The Morgan fingerprint density at radius 2 is 1.63 bits per heavy atom. The molecule has 0 bridgehead atoms. The van der Waals surface area contributed by atoms with Crippen molar-refractivity contribution in [1.82, 2.24) is 4.98 Å². The predicted octanol–water partition coefficient (Wildman–Crippen LogP) is 4.04. The van der Waals surface area contributed by atoms with E-state index in [9.17, 15) is 0 Å². The van der Waals surface area contributed by atoms with E-state index in [2.05, 4.69) is 4.98 Å². The van der Waals surface area contributed by atoms with Gasteiger partial charge in [-0.15, -0.1) is 0 Å². The van der Waals surface area contributed by atoms with Crippen molar-refractivity contribution in [2.45, 2.75) is 0 Å². The molecule has 0 amide bonds. The maximum absolute atomic E-state index is 5.90. The average Bonchev–Trinajstić information content (AvgIpc) is 2.48. The van der Waals surface area contributed by atoms with Gasteiger partial charge < -0.3 is 9.47 Å². The van der Waals surface area contributed by atoms with Crippen LogP contribution in [-0.2, 0) is 0 Å². The number of aromatic nitrogens is 1. The summed E-state index contributed by atoms with van der Waals surface area (Å²) in [5.41, 5.74) is 0.925. The second-order valence-electron chi connectivity index (χ2n) is 4.10. The lowest BCUT2D eigenvalue weighted by molar-refractivity contribution is 0.413. The van der Waals surface area contributed by atoms with E-state index < -0.39 is 0 Å². The van der Waals surface area contributed by atoms with Gasteiger partial charge >= 0.3 is 0 Å². The van der Waals surface area contributed by atoms with E-state index in [1.807, 2.05) is 54.6 Å². The first-order chi connectivity index (χ1) is 9.36. The maximum Gasteiger partial charge on any atom is 0.136 e. The van der Waals surface area contributed by atoms with Gasteiger partial charge in [0, 0.05) is 11.6 Å². The summed E-state index contributed by atoms with van der Waals surface area (Å²) >= 11 is 0. The lowest BCUT2D eigenvalue weighted by Crippen LogP contribution is -1.87. The van der Waals surface area contributed by atoms with Gasteiger partial charge in [0.1, 0.15) is 17.2 Å². The van der Waals surface area contributed by atoms with Crippen LogP contribution in [0.2, 0.25) is 0 Å². The first kappa shape index (κ1) is 11.5. The second kappa shape index (κ2) is 4.98. The van der Waals surface area contributed by atoms with Crippen LogP contribution in [0.5, 0.6) is 17.2 Å². The number of hydrogen-bond acceptors (Lipinski definition) is 3. The summed E-state index contributed by atoms with van der Waals surface area (Å²) in [4.78, 5) is 4.31. The Morgan fingerprint density at radius 1 is 0.842 bits per heavy atom. The standard InChI is InChI=1S/C16H13NO2/c1-18-12-7-9-13(10-8-12)19-16-6-2-5-15-14(16)4-3-11-17-15/h2-11H,1H3. The molecule has 3 rings (SSSR count). The number of nitrogens with zero attached hydrogens (tertiary/aromatic N) is 1. The highest BCUT2D eigenvalue weighted by atomic mass is 16.5. The number of methoxy groups -OCH3 is 1. The highest BCUT2D eigenvalue weighted by molar-refractivity contribution is 5.85. The number of hydrogen-bond donors (Lipinski definition) is 0. The van der Waals surface area contributed by atoms with Crippen molar-refractivity contribution < 1.29 is 9.47 Å². The highest BCUT2D eigenvalue weighted by Gasteiger charge is 2.03. The summed E-state index contributed by atoms with van der Waals surface area (Å²) < 4.78 is 11.0. The Hall–Kier alpha value is -2.55. The van der Waals surface area contributed by atoms with Crippen molar-refractivity contribution in [3.05, 3.63) is 60.8 Å². The molecule has 0 unspecified atom stereocenters. The van der Waals surface area contributed by atoms with Gasteiger partial charge in [0.15, 0.2) is 0 Å². The Bertz CT molecular complexity index is 687. The molecule has 3 aromatic rings. The largest absolute Gasteiger partial charge is 0.497 e. The van der Waals surface area contributed by atoms with Crippen molar-refractivity contribution in [3.8, 4) is 17.2 Å². The van der Waals surface area contributed by atoms with Crippen LogP contribution in [0.3, 0.4) is 0 Å². The van der Waals surface area contributed by atoms with Crippen LogP contribution in [0.1, 0.15) is 0 Å². The molecule has 1 aromatic heterocycles. The van der Waals surface area contributed by atoms with Crippen molar-refractivity contribution in [2.24, 2.45) is 0 Å². The van der Waals surface area contributed by atoms with Crippen LogP contribution >= 0.6 is 0 Å². The Balaban J connectivity index is 1.96. The van der Waals surface area contributed by atoms with Crippen LogP contribution in [0, 0.1) is 0 Å². The topological polar surface area (TPSA) is 31.4 Å². The van der Waals surface area contributed by atoms with Crippen LogP contribution in [-0.4, -0.2) is 12.1 Å². The molecule has 94 valence electrons. The van der Waals surface area contributed by atoms with Gasteiger partial charge in [-0.2, -0.15) is 0 Å². The van der Waals surface area contributed by atoms with Crippen LogP contribution in [0.25, 0.3) is 10.9 Å². The van der Waals surface area contributed by atoms with E-state index >= 15 is 0 Å². The monoisotopic (exact) mass is 251 g/mol. The average molecular weight is 251 g/mol. The van der Waals surface area contributed by atoms with Crippen LogP contribution < -0.4 is 9.47 Å². The van der Waals surface area contributed by atoms with Crippen LogP contribution in [0.4, 0.5) is 0 Å². The third-order valence-electron chi connectivity index (χ3n) is 2.89. The molecule has 2 aromatic carbocycles. The molecular formula is C16H13NO2. The van der Waals surface area contributed by atoms with Crippen molar-refractivity contribution >= 4 is 10.9 Å². The van der Waals surface area contributed by atoms with Crippen LogP contribution in [0.15, 0.2) is 60.8 Å². The van der Waals surface area contributed by atoms with E-state index in [4.69, 9.17) is 9.47 Å². The van der Waals surface area contributed by atoms with Gasteiger partial charge in [-0.3, -0.25) is 4.98 Å². The minimum absolute atomic E-state index is 0.775. The number of benzene rings is 2. The zero-order valence-corrected chi connectivity index (χ0v) is 10.5. The van der Waals surface area contributed by atoms with Gasteiger partial charge in [0.25, 0.3) is 0 Å². The lowest BCUT2D eigenvalue weighted by atomic mass is 10.2. The molecule has 0 aliphatic rings. The quantitative estimate of drug-likeness (QED) is 0.704. The van der Waals surface area contributed by atoms with E-state index in [1.54, 1.807) is 13.3 Å². The molecule has 0 atom stereocenters. The molecule has 0 saturated heterocycles. The van der Waals surface area contributed by atoms with Crippen molar-refractivity contribution in [3.63, 3.8) is 0 Å². The number of pyridine rings is 1. The van der Waals surface area contributed by atoms with Gasteiger partial charge in [-0.05, 0) is 48.5 Å². The molecule has 0 radical (unpaired) electrons. The fraction of sp³-hybridized carbons (Fsp3) is 0.0625. The Morgan fingerprint density at radius 3 is 2.42 bits per heavy atom. The van der Waals surface area contributed by atoms with E-state index in [-0.39, 0.29) is 0 Å². The maximum atomic E-state index is 5.90. The van der Waals surface area contributed by atoms with Gasteiger partial charge in [0.05, 0.1) is 12.6 Å². The van der Waals surface area contributed by atoms with Gasteiger partial charge in [-0.25, -0.2) is 0 Å². The molecule has 19 heavy (non-hydrogen) atoms. The van der Waals surface area contributed by atoms with Gasteiger partial charge in [0.2, 0.25) is 0 Å². The summed E-state index contributed by atoms with van der Waals surface area (Å²) in [5.74, 6) is 2.39. The SMILES string of the molecule is COc1ccc(Oc2cccc3ncccc23)cc1.